The van der Waals surface area contributed by atoms with Gasteiger partial charge in [-0.2, -0.15) is 13.2 Å². The Labute approximate surface area is 335 Å². The van der Waals surface area contributed by atoms with Crippen LogP contribution in [0.4, 0.5) is 18.0 Å². The number of aromatic nitrogens is 1. The van der Waals surface area contributed by atoms with Crippen molar-refractivity contribution in [3.8, 4) is 11.6 Å². The number of sulfonamides is 1. The molecule has 1 aromatic carbocycles. The van der Waals surface area contributed by atoms with Crippen LogP contribution in [0.3, 0.4) is 0 Å². The van der Waals surface area contributed by atoms with E-state index in [1.165, 1.54) is 20.0 Å². The molecule has 18 heteroatoms. The second-order valence-electron chi connectivity index (χ2n) is 17.0. The van der Waals surface area contributed by atoms with Crippen LogP contribution in [-0.2, 0) is 24.4 Å². The summed E-state index contributed by atoms with van der Waals surface area (Å²) in [4.78, 5) is 61.9. The zero-order valence-corrected chi connectivity index (χ0v) is 34.3. The molecule has 58 heavy (non-hydrogen) atoms. The van der Waals surface area contributed by atoms with Gasteiger partial charge in [-0.15, -0.1) is 0 Å². The quantitative estimate of drug-likeness (QED) is 0.271. The van der Waals surface area contributed by atoms with Gasteiger partial charge in [-0.25, -0.2) is 18.2 Å². The zero-order chi connectivity index (χ0) is 42.6. The minimum atomic E-state index is -5.09. The number of fused-ring (bicyclic) bond motifs is 3. The molecule has 0 radical (unpaired) electrons. The van der Waals surface area contributed by atoms with Crippen LogP contribution in [0, 0.1) is 17.8 Å². The van der Waals surface area contributed by atoms with Crippen LogP contribution in [0.15, 0.2) is 42.6 Å². The van der Waals surface area contributed by atoms with E-state index in [-0.39, 0.29) is 42.5 Å². The van der Waals surface area contributed by atoms with Crippen molar-refractivity contribution in [3.63, 3.8) is 0 Å². The zero-order valence-electron chi connectivity index (χ0n) is 33.5. The number of nitrogens with zero attached hydrogens (tertiary/aromatic N) is 3. The molecule has 318 valence electrons. The van der Waals surface area contributed by atoms with Crippen molar-refractivity contribution >= 4 is 44.6 Å². The maximum atomic E-state index is 15.0. The third-order valence-corrected chi connectivity index (χ3v) is 14.4. The summed E-state index contributed by atoms with van der Waals surface area (Å²) in [7, 11) is -4.12. The van der Waals surface area contributed by atoms with Crippen LogP contribution in [0.5, 0.6) is 11.6 Å². The average Bonchev–Trinajstić information content (AvgIpc) is 4.01. The van der Waals surface area contributed by atoms with E-state index in [9.17, 15) is 45.9 Å². The first-order valence-corrected chi connectivity index (χ1v) is 21.2. The molecule has 4 amide bonds. The van der Waals surface area contributed by atoms with Crippen LogP contribution in [0.2, 0.25) is 0 Å². The molecule has 0 spiro atoms. The standard InChI is InChI=1S/C40H52F3N5O9S/c1-7-56-27-12-13-29-25(19-27)14-17-44-33(29)57-28-20-30-32(49)45-39(35(51)46-58(54,55)38(6)15-16-38)21-26(39)11-9-8-10-23(2)18-24(3)31(34(50)47(30)22-28)48(36(52)53)37(4,5)40(41,42)43/h9,11-14,17,19,23-24,26,28,30-31H,7-8,10,15-16,18,20-22H2,1-6H3,(H,45,49)(H,46,51)(H,52,53)/b11-9-/t23-,24-,26-,28-,30+,31+,39-/m1/s1. The number of halogens is 3. The fraction of sp³-hybridized carbons (Fsp3) is 0.625. The van der Waals surface area contributed by atoms with Gasteiger partial charge in [0.25, 0.3) is 5.91 Å². The van der Waals surface area contributed by atoms with Gasteiger partial charge >= 0.3 is 12.3 Å². The molecular weight excluding hydrogens is 784 g/mol. The average molecular weight is 836 g/mol. The molecule has 2 saturated carbocycles. The summed E-state index contributed by atoms with van der Waals surface area (Å²) >= 11 is 0. The summed E-state index contributed by atoms with van der Waals surface area (Å²) in [5.74, 6) is -3.84. The Morgan fingerprint density at radius 2 is 1.84 bits per heavy atom. The summed E-state index contributed by atoms with van der Waals surface area (Å²) in [6.07, 6.45) is -1.28. The van der Waals surface area contributed by atoms with E-state index in [4.69, 9.17) is 9.47 Å². The fourth-order valence-corrected chi connectivity index (χ4v) is 9.53. The SMILES string of the molecule is CCOc1ccc2c(O[C@@H]3C[C@H]4C(=O)N[C@]5(C(=O)NS(=O)(=O)C6(C)CC6)C[C@H]5/C=C\CC[C@@H](C)C[C@@H](C)[C@H](N(C(=O)O)C(C)(C)C(F)(F)F)C(=O)N4C3)nccc2c1. The van der Waals surface area contributed by atoms with E-state index in [2.05, 4.69) is 15.0 Å². The van der Waals surface area contributed by atoms with E-state index >= 15 is 0 Å². The topological polar surface area (TPSA) is 185 Å². The largest absolute Gasteiger partial charge is 0.494 e. The maximum Gasteiger partial charge on any atom is 0.411 e. The molecule has 0 bridgehead atoms. The lowest BCUT2D eigenvalue weighted by atomic mass is 9.85. The van der Waals surface area contributed by atoms with Crippen molar-refractivity contribution < 1.29 is 55.3 Å². The van der Waals surface area contributed by atoms with Crippen molar-refractivity contribution in [3.05, 3.63) is 42.6 Å². The Bertz CT molecular complexity index is 2090. The van der Waals surface area contributed by atoms with Crippen molar-refractivity contribution in [2.24, 2.45) is 17.8 Å². The number of hydrogen-bond donors (Lipinski definition) is 3. The lowest BCUT2D eigenvalue weighted by molar-refractivity contribution is -0.222. The van der Waals surface area contributed by atoms with E-state index in [0.717, 1.165) is 4.90 Å². The fourth-order valence-electron chi connectivity index (χ4n) is 8.22. The minimum Gasteiger partial charge on any atom is -0.494 e. The van der Waals surface area contributed by atoms with Crippen molar-refractivity contribution in [1.29, 1.82) is 0 Å². The van der Waals surface area contributed by atoms with Crippen molar-refractivity contribution in [2.45, 2.75) is 127 Å². The normalized spacial score (nSPS) is 29.5. The molecule has 0 unspecified atom stereocenters. The highest BCUT2D eigenvalue weighted by atomic mass is 32.2. The molecule has 3 heterocycles. The number of carbonyl (C=O) groups is 4. The first kappa shape index (κ1) is 43.0. The predicted molar refractivity (Wildman–Crippen MR) is 206 cm³/mol. The maximum absolute atomic E-state index is 15.0. The molecule has 3 N–H and O–H groups in total. The molecule has 2 aliphatic carbocycles. The third-order valence-electron chi connectivity index (χ3n) is 12.3. The number of ether oxygens (including phenoxy) is 2. The van der Waals surface area contributed by atoms with Gasteiger partial charge in [-0.1, -0.05) is 26.0 Å². The van der Waals surface area contributed by atoms with E-state index in [0.29, 0.717) is 62.7 Å². The highest BCUT2D eigenvalue weighted by Gasteiger charge is 2.64. The van der Waals surface area contributed by atoms with Gasteiger partial charge < -0.3 is 24.8 Å². The van der Waals surface area contributed by atoms with Gasteiger partial charge in [0, 0.05) is 23.9 Å². The third kappa shape index (κ3) is 8.17. The van der Waals surface area contributed by atoms with Crippen LogP contribution in [0.1, 0.15) is 86.5 Å². The lowest BCUT2D eigenvalue weighted by Crippen LogP contribution is -2.66. The number of amides is 4. The summed E-state index contributed by atoms with van der Waals surface area (Å²) in [6.45, 7) is 8.21. The van der Waals surface area contributed by atoms with Gasteiger partial charge in [0.05, 0.1) is 17.9 Å². The predicted octanol–water partition coefficient (Wildman–Crippen LogP) is 5.56. The van der Waals surface area contributed by atoms with Crippen LogP contribution in [-0.4, -0.2) is 105 Å². The van der Waals surface area contributed by atoms with Crippen LogP contribution in [0.25, 0.3) is 10.8 Å². The van der Waals surface area contributed by atoms with Gasteiger partial charge in [0.2, 0.25) is 27.7 Å². The van der Waals surface area contributed by atoms with Gasteiger partial charge in [-0.3, -0.25) is 24.0 Å². The molecule has 1 saturated heterocycles. The molecular formula is C40H52F3N5O9S. The highest BCUT2D eigenvalue weighted by molar-refractivity contribution is 7.91. The van der Waals surface area contributed by atoms with Crippen molar-refractivity contribution in [1.82, 2.24) is 24.8 Å². The number of hydrogen-bond acceptors (Lipinski definition) is 9. The Morgan fingerprint density at radius 3 is 2.48 bits per heavy atom. The number of rotatable bonds is 9. The molecule has 14 nitrogen and oxygen atoms in total. The second-order valence-corrected chi connectivity index (χ2v) is 19.2. The molecule has 4 aliphatic rings. The number of alkyl halides is 3. The van der Waals surface area contributed by atoms with Gasteiger partial charge in [0.15, 0.2) is 0 Å². The van der Waals surface area contributed by atoms with E-state index < -0.39 is 85.9 Å². The first-order chi connectivity index (χ1) is 27.0. The second kappa shape index (κ2) is 15.5. The monoisotopic (exact) mass is 835 g/mol. The van der Waals surface area contributed by atoms with Crippen LogP contribution < -0.4 is 19.5 Å². The molecule has 3 fully saturated rings. The Kier molecular flexibility index (Phi) is 11.5. The molecule has 6 rings (SSSR count). The molecule has 2 aromatic rings. The highest BCUT2D eigenvalue weighted by Crippen LogP contribution is 2.48. The minimum absolute atomic E-state index is 0.0549. The summed E-state index contributed by atoms with van der Waals surface area (Å²) in [5.41, 5.74) is -4.74. The summed E-state index contributed by atoms with van der Waals surface area (Å²) < 4.78 is 83.5. The lowest BCUT2D eigenvalue weighted by Gasteiger charge is -2.45. The van der Waals surface area contributed by atoms with Crippen molar-refractivity contribution in [2.75, 3.05) is 13.2 Å². The Balaban J connectivity index is 1.41. The van der Waals surface area contributed by atoms with Crippen LogP contribution >= 0.6 is 0 Å². The number of nitrogens with one attached hydrogen (secondary N) is 2. The smallest absolute Gasteiger partial charge is 0.411 e. The molecule has 7 atom stereocenters. The van der Waals surface area contributed by atoms with Gasteiger partial charge in [-0.05, 0) is 108 Å². The Hall–Kier alpha value is -4.61. The van der Waals surface area contributed by atoms with E-state index in [1.807, 2.05) is 19.9 Å². The number of benzene rings is 1. The molecule has 1 aromatic heterocycles. The first-order valence-electron chi connectivity index (χ1n) is 19.7. The summed E-state index contributed by atoms with van der Waals surface area (Å²) in [5, 5.41) is 14.5. The summed E-state index contributed by atoms with van der Waals surface area (Å²) in [6, 6.07) is 3.62. The number of carboxylic acid groups (broad SMARTS) is 1. The van der Waals surface area contributed by atoms with Gasteiger partial charge in [0.1, 0.15) is 35.0 Å². The number of allylic oxidation sites excluding steroid dienone is 1. The number of carbonyl (C=O) groups excluding carboxylic acids is 3. The number of pyridine rings is 1. The molecule has 2 aliphatic heterocycles. The van der Waals surface area contributed by atoms with E-state index in [1.54, 1.807) is 30.3 Å². The Morgan fingerprint density at radius 1 is 1.14 bits per heavy atom.